The smallest absolute Gasteiger partial charge is 0.324 e. The number of fused-ring (bicyclic) bond motifs is 6. The molecule has 3 aromatic heterocycles. The van der Waals surface area contributed by atoms with Crippen molar-refractivity contribution < 1.29 is 28.6 Å². The molecule has 1 aliphatic carbocycles. The highest BCUT2D eigenvalue weighted by Gasteiger charge is 2.45. The van der Waals surface area contributed by atoms with Crippen molar-refractivity contribution in [2.24, 2.45) is 23.2 Å². The minimum atomic E-state index is -1.06. The monoisotopic (exact) mass is 839 g/mol. The zero-order valence-corrected chi connectivity index (χ0v) is 37.0. The number of esters is 1. The molecule has 60 heavy (non-hydrogen) atoms. The molecule has 2 N–H and O–H groups in total. The van der Waals surface area contributed by atoms with E-state index >= 15 is 0 Å². The van der Waals surface area contributed by atoms with Crippen LogP contribution in [0.25, 0.3) is 33.4 Å². The van der Waals surface area contributed by atoms with Crippen molar-refractivity contribution in [1.29, 1.82) is 0 Å². The number of rotatable bonds is 9. The molecule has 2 amide bonds. The Kier molecular flexibility index (Phi) is 12.5. The predicted molar refractivity (Wildman–Crippen MR) is 232 cm³/mol. The Balaban J connectivity index is 1.27. The first-order valence-corrected chi connectivity index (χ1v) is 22.7. The number of benzene rings is 1. The number of carbonyl (C=O) groups is 3. The van der Waals surface area contributed by atoms with E-state index in [9.17, 15) is 14.4 Å². The number of ether oxygens (including phenoxy) is 3. The number of amides is 2. The first kappa shape index (κ1) is 42.5. The van der Waals surface area contributed by atoms with Crippen LogP contribution in [0.5, 0.6) is 0 Å². The number of aryl methyl sites for hydroxylation is 1. The van der Waals surface area contributed by atoms with Crippen LogP contribution in [0.2, 0.25) is 0 Å². The SMILES string of the molecule is CCn1c(-c2cccnc2[C@H](C)OC)c2c3cc(ccc31)-c1csc(n1)[C@@H](OCC1CCN(C)CC1)[C@H](NC(=O)[C@H]1C[C@@H]1C)C(=O)N1CCC[C@H](N1)C(=O)OCC(C)(C)C2. The Morgan fingerprint density at radius 3 is 2.67 bits per heavy atom. The largest absolute Gasteiger partial charge is 0.464 e. The Labute approximate surface area is 357 Å². The van der Waals surface area contributed by atoms with Crippen molar-refractivity contribution >= 4 is 40.0 Å². The summed E-state index contributed by atoms with van der Waals surface area (Å²) in [6, 6.07) is 8.79. The summed E-state index contributed by atoms with van der Waals surface area (Å²) in [6.45, 7) is 14.1. The fraction of sp³-hybridized carbons (Fsp3) is 0.587. The van der Waals surface area contributed by atoms with E-state index < -0.39 is 29.6 Å². The summed E-state index contributed by atoms with van der Waals surface area (Å²) in [5.74, 6) is -0.515. The highest BCUT2D eigenvalue weighted by molar-refractivity contribution is 7.10. The van der Waals surface area contributed by atoms with Gasteiger partial charge in [0.25, 0.3) is 5.91 Å². The maximum atomic E-state index is 14.8. The van der Waals surface area contributed by atoms with Gasteiger partial charge in [-0.2, -0.15) is 0 Å². The maximum Gasteiger partial charge on any atom is 0.324 e. The number of hydrogen-bond donors (Lipinski definition) is 2. The third-order valence-electron chi connectivity index (χ3n) is 13.0. The summed E-state index contributed by atoms with van der Waals surface area (Å²) in [6.07, 6.45) is 5.20. The van der Waals surface area contributed by atoms with Crippen LogP contribution in [0.15, 0.2) is 41.9 Å². The minimum Gasteiger partial charge on any atom is -0.464 e. The van der Waals surface area contributed by atoms with Crippen molar-refractivity contribution in [1.82, 2.24) is 35.2 Å². The summed E-state index contributed by atoms with van der Waals surface area (Å²) in [5, 5.41) is 8.38. The van der Waals surface area contributed by atoms with E-state index in [2.05, 4.69) is 79.2 Å². The highest BCUT2D eigenvalue weighted by Crippen LogP contribution is 2.43. The quantitative estimate of drug-likeness (QED) is 0.175. The lowest BCUT2D eigenvalue weighted by atomic mass is 9.84. The van der Waals surface area contributed by atoms with Crippen LogP contribution < -0.4 is 10.7 Å². The normalized spacial score (nSPS) is 25.8. The Hall–Kier alpha value is -4.21. The standard InChI is InChI=1S/C46H61N7O6S/c1-8-52-37-14-13-30-22-33(37)34(40(52)31-11-9-17-47-38(31)28(3)57-7)23-46(4,5)26-59-45(56)35-12-10-18-53(50-35)44(55)39(49-42(54)32-21-27(32)2)41(43-48-36(30)25-60-43)58-24-29-15-19-51(6)20-16-29/h9,11,13-14,17,22,25,27-29,32,35,39,41,50H,8,10,12,15-16,18-21,23-24,26H2,1-7H3,(H,49,54)/t27-,28-,32-,35-,39-,41-/m0/s1. The fourth-order valence-corrected chi connectivity index (χ4v) is 10.1. The number of nitrogens with zero attached hydrogens (tertiary/aromatic N) is 5. The Morgan fingerprint density at radius 2 is 1.93 bits per heavy atom. The number of nitrogens with one attached hydrogen (secondary N) is 2. The molecule has 6 atom stereocenters. The zero-order valence-electron chi connectivity index (χ0n) is 36.2. The molecular weight excluding hydrogens is 779 g/mol. The van der Waals surface area contributed by atoms with E-state index in [-0.39, 0.29) is 36.4 Å². The van der Waals surface area contributed by atoms with E-state index in [0.29, 0.717) is 43.3 Å². The van der Waals surface area contributed by atoms with Crippen molar-refractivity contribution in [2.75, 3.05) is 47.0 Å². The van der Waals surface area contributed by atoms with Crippen LogP contribution in [-0.2, 0) is 41.6 Å². The molecule has 8 rings (SSSR count). The number of methoxy groups -OCH3 is 1. The number of thiazole rings is 1. The maximum absolute atomic E-state index is 14.8. The average molecular weight is 840 g/mol. The van der Waals surface area contributed by atoms with Crippen LogP contribution in [0, 0.1) is 23.2 Å². The summed E-state index contributed by atoms with van der Waals surface area (Å²) < 4.78 is 21.2. The van der Waals surface area contributed by atoms with Gasteiger partial charge in [0, 0.05) is 65.1 Å². The van der Waals surface area contributed by atoms with Crippen LogP contribution in [-0.4, -0.2) is 101 Å². The number of pyridine rings is 1. The summed E-state index contributed by atoms with van der Waals surface area (Å²) in [4.78, 5) is 54.9. The van der Waals surface area contributed by atoms with Gasteiger partial charge in [0.1, 0.15) is 23.2 Å². The van der Waals surface area contributed by atoms with E-state index in [1.807, 2.05) is 24.6 Å². The first-order chi connectivity index (χ1) is 28.8. The van der Waals surface area contributed by atoms with Crippen LogP contribution >= 0.6 is 11.3 Å². The van der Waals surface area contributed by atoms with E-state index in [1.165, 1.54) is 16.3 Å². The lowest BCUT2D eigenvalue weighted by Crippen LogP contribution is -2.61. The zero-order chi connectivity index (χ0) is 42.3. The second-order valence-corrected chi connectivity index (χ2v) is 19.1. The summed E-state index contributed by atoms with van der Waals surface area (Å²) in [7, 11) is 3.84. The molecular formula is C46H61N7O6S. The molecule has 0 unspecified atom stereocenters. The second-order valence-electron chi connectivity index (χ2n) is 18.3. The predicted octanol–water partition coefficient (Wildman–Crippen LogP) is 6.72. The first-order valence-electron chi connectivity index (χ1n) is 21.8. The van der Waals surface area contributed by atoms with Gasteiger partial charge in [0.05, 0.1) is 36.4 Å². The molecule has 6 bridgehead atoms. The number of carbonyl (C=O) groups excluding carboxylic acids is 3. The molecule has 13 nitrogen and oxygen atoms in total. The highest BCUT2D eigenvalue weighted by atomic mass is 32.1. The molecule has 1 saturated carbocycles. The van der Waals surface area contributed by atoms with Gasteiger partial charge < -0.3 is 29.0 Å². The number of hydrazine groups is 1. The lowest BCUT2D eigenvalue weighted by molar-refractivity contribution is -0.157. The number of aromatic nitrogens is 3. The lowest BCUT2D eigenvalue weighted by Gasteiger charge is -2.37. The second kappa shape index (κ2) is 17.6. The molecule has 4 aromatic rings. The van der Waals surface area contributed by atoms with Gasteiger partial charge in [-0.25, -0.2) is 10.4 Å². The Bertz CT molecular complexity index is 2210. The average Bonchev–Trinajstić information content (AvgIpc) is 3.66. The molecule has 3 aliphatic heterocycles. The van der Waals surface area contributed by atoms with E-state index in [0.717, 1.165) is 83.6 Å². The van der Waals surface area contributed by atoms with Crippen molar-refractivity contribution in [3.8, 4) is 22.5 Å². The van der Waals surface area contributed by atoms with Crippen LogP contribution in [0.1, 0.15) is 95.2 Å². The van der Waals surface area contributed by atoms with Gasteiger partial charge in [-0.15, -0.1) is 11.3 Å². The molecule has 1 aromatic carbocycles. The van der Waals surface area contributed by atoms with Crippen molar-refractivity contribution in [3.63, 3.8) is 0 Å². The van der Waals surface area contributed by atoms with Gasteiger partial charge in [-0.3, -0.25) is 24.4 Å². The summed E-state index contributed by atoms with van der Waals surface area (Å²) in [5.41, 5.74) is 9.59. The number of hydrogen-bond acceptors (Lipinski definition) is 11. The minimum absolute atomic E-state index is 0.158. The molecule has 322 valence electrons. The number of piperidine rings is 1. The number of cyclic esters (lactones) is 1. The molecule has 2 saturated heterocycles. The van der Waals surface area contributed by atoms with Crippen molar-refractivity contribution in [2.45, 2.75) is 104 Å². The Morgan fingerprint density at radius 1 is 1.15 bits per heavy atom. The molecule has 0 spiro atoms. The van der Waals surface area contributed by atoms with Crippen LogP contribution in [0.4, 0.5) is 0 Å². The summed E-state index contributed by atoms with van der Waals surface area (Å²) >= 11 is 1.45. The van der Waals surface area contributed by atoms with Gasteiger partial charge in [-0.05, 0) is 114 Å². The topological polar surface area (TPSA) is 140 Å². The van der Waals surface area contributed by atoms with Gasteiger partial charge in [0.15, 0.2) is 0 Å². The van der Waals surface area contributed by atoms with E-state index in [1.54, 1.807) is 7.11 Å². The third kappa shape index (κ3) is 8.76. The number of likely N-dealkylation sites (tertiary alicyclic amines) is 1. The molecule has 6 heterocycles. The van der Waals surface area contributed by atoms with E-state index in [4.69, 9.17) is 24.2 Å². The van der Waals surface area contributed by atoms with Gasteiger partial charge >= 0.3 is 5.97 Å². The van der Waals surface area contributed by atoms with Crippen LogP contribution in [0.3, 0.4) is 0 Å². The molecule has 14 heteroatoms. The van der Waals surface area contributed by atoms with Gasteiger partial charge in [0.2, 0.25) is 5.91 Å². The fourth-order valence-electron chi connectivity index (χ4n) is 9.18. The third-order valence-corrected chi connectivity index (χ3v) is 13.9. The molecule has 3 fully saturated rings. The van der Waals surface area contributed by atoms with Gasteiger partial charge in [-0.1, -0.05) is 26.8 Å². The molecule has 4 aliphatic rings. The van der Waals surface area contributed by atoms with Crippen molar-refractivity contribution in [3.05, 3.63) is 58.2 Å². The molecule has 0 radical (unpaired) electrons.